The van der Waals surface area contributed by atoms with E-state index in [1.165, 1.54) is 18.4 Å². The molecule has 0 aliphatic rings. The highest BCUT2D eigenvalue weighted by molar-refractivity contribution is 7.14. The average molecular weight is 232 g/mol. The van der Waals surface area contributed by atoms with Gasteiger partial charge < -0.3 is 5.32 Å². The molecule has 0 unspecified atom stereocenters. The molecule has 1 heterocycles. The van der Waals surface area contributed by atoms with Crippen molar-refractivity contribution in [3.8, 4) is 11.3 Å². The Morgan fingerprint density at radius 3 is 2.81 bits per heavy atom. The van der Waals surface area contributed by atoms with E-state index in [4.69, 9.17) is 0 Å². The van der Waals surface area contributed by atoms with Crippen LogP contribution < -0.4 is 5.32 Å². The van der Waals surface area contributed by atoms with Crippen LogP contribution in [0.4, 0.5) is 5.13 Å². The Balaban J connectivity index is 2.02. The lowest BCUT2D eigenvalue weighted by Crippen LogP contribution is -1.99. The topological polar surface area (TPSA) is 24.9 Å². The van der Waals surface area contributed by atoms with Crippen LogP contribution >= 0.6 is 11.3 Å². The highest BCUT2D eigenvalue weighted by Gasteiger charge is 2.02. The van der Waals surface area contributed by atoms with Crippen molar-refractivity contribution in [1.29, 1.82) is 0 Å². The van der Waals surface area contributed by atoms with E-state index >= 15 is 0 Å². The van der Waals surface area contributed by atoms with Crippen molar-refractivity contribution >= 4 is 16.5 Å². The zero-order valence-corrected chi connectivity index (χ0v) is 10.3. The predicted octanol–water partition coefficient (Wildman–Crippen LogP) is 4.02. The summed E-state index contributed by atoms with van der Waals surface area (Å²) >= 11 is 1.67. The Morgan fingerprint density at radius 1 is 1.25 bits per heavy atom. The number of nitrogens with one attached hydrogen (secondary N) is 1. The second-order valence-electron chi connectivity index (χ2n) is 3.68. The third-order valence-electron chi connectivity index (χ3n) is 2.38. The molecule has 1 aromatic heterocycles. The van der Waals surface area contributed by atoms with Crippen LogP contribution in [0.3, 0.4) is 0 Å². The number of anilines is 1. The normalized spacial score (nSPS) is 10.3. The summed E-state index contributed by atoms with van der Waals surface area (Å²) in [5.41, 5.74) is 2.24. The lowest BCUT2D eigenvalue weighted by atomic mass is 10.2. The van der Waals surface area contributed by atoms with Gasteiger partial charge in [-0.25, -0.2) is 4.98 Å². The van der Waals surface area contributed by atoms with E-state index in [1.54, 1.807) is 11.3 Å². The standard InChI is InChI=1S/C13H16N2S/c1-2-3-9-14-13-15-12(10-16-13)11-7-5-4-6-8-11/h4-8,10H,2-3,9H2,1H3,(H,14,15). The number of benzene rings is 1. The predicted molar refractivity (Wildman–Crippen MR) is 70.9 cm³/mol. The highest BCUT2D eigenvalue weighted by atomic mass is 32.1. The van der Waals surface area contributed by atoms with E-state index in [0.717, 1.165) is 17.4 Å². The maximum atomic E-state index is 4.56. The zero-order chi connectivity index (χ0) is 11.2. The molecule has 3 heteroatoms. The first kappa shape index (κ1) is 11.1. The van der Waals surface area contributed by atoms with Gasteiger partial charge in [0.25, 0.3) is 0 Å². The largest absolute Gasteiger partial charge is 0.362 e. The summed E-state index contributed by atoms with van der Waals surface area (Å²) < 4.78 is 0. The van der Waals surface area contributed by atoms with Gasteiger partial charge in [0.1, 0.15) is 0 Å². The quantitative estimate of drug-likeness (QED) is 0.787. The molecule has 0 fully saturated rings. The molecular formula is C13H16N2S. The van der Waals surface area contributed by atoms with Crippen LogP contribution in [-0.2, 0) is 0 Å². The van der Waals surface area contributed by atoms with Gasteiger partial charge >= 0.3 is 0 Å². The molecule has 2 rings (SSSR count). The number of aromatic nitrogens is 1. The smallest absolute Gasteiger partial charge is 0.183 e. The molecule has 0 atom stereocenters. The van der Waals surface area contributed by atoms with Crippen molar-refractivity contribution in [2.75, 3.05) is 11.9 Å². The summed E-state index contributed by atoms with van der Waals surface area (Å²) in [5, 5.41) is 6.46. The minimum atomic E-state index is 1.01. The van der Waals surface area contributed by atoms with Crippen LogP contribution in [0, 0.1) is 0 Å². The molecule has 84 valence electrons. The number of hydrogen-bond donors (Lipinski definition) is 1. The van der Waals surface area contributed by atoms with Gasteiger partial charge in [-0.2, -0.15) is 0 Å². The van der Waals surface area contributed by atoms with Crippen molar-refractivity contribution < 1.29 is 0 Å². The van der Waals surface area contributed by atoms with Gasteiger partial charge in [-0.1, -0.05) is 43.7 Å². The average Bonchev–Trinajstić information content (AvgIpc) is 2.79. The third kappa shape index (κ3) is 2.83. The molecule has 16 heavy (non-hydrogen) atoms. The van der Waals surface area contributed by atoms with Gasteiger partial charge in [0.15, 0.2) is 5.13 Å². The second kappa shape index (κ2) is 5.66. The van der Waals surface area contributed by atoms with Crippen molar-refractivity contribution in [3.05, 3.63) is 35.7 Å². The number of unbranched alkanes of at least 4 members (excludes halogenated alkanes) is 1. The van der Waals surface area contributed by atoms with E-state index in [9.17, 15) is 0 Å². The fourth-order valence-corrected chi connectivity index (χ4v) is 2.22. The maximum Gasteiger partial charge on any atom is 0.183 e. The molecule has 0 aliphatic carbocycles. The van der Waals surface area contributed by atoms with Crippen molar-refractivity contribution in [2.45, 2.75) is 19.8 Å². The first-order chi connectivity index (χ1) is 7.90. The minimum absolute atomic E-state index is 1.01. The molecule has 0 saturated carbocycles. The zero-order valence-electron chi connectivity index (χ0n) is 9.44. The number of hydrogen-bond acceptors (Lipinski definition) is 3. The summed E-state index contributed by atoms with van der Waals surface area (Å²) in [6, 6.07) is 10.3. The molecule has 0 radical (unpaired) electrons. The number of thiazole rings is 1. The second-order valence-corrected chi connectivity index (χ2v) is 4.54. The van der Waals surface area contributed by atoms with Crippen molar-refractivity contribution in [3.63, 3.8) is 0 Å². The lowest BCUT2D eigenvalue weighted by Gasteiger charge is -1.99. The molecule has 0 amide bonds. The SMILES string of the molecule is CCCCNc1nc(-c2ccccc2)cs1. The van der Waals surface area contributed by atoms with Gasteiger partial charge in [0.2, 0.25) is 0 Å². The summed E-state index contributed by atoms with van der Waals surface area (Å²) in [6.45, 7) is 3.21. The van der Waals surface area contributed by atoms with Gasteiger partial charge in [0.05, 0.1) is 5.69 Å². The molecule has 2 aromatic rings. The number of rotatable bonds is 5. The third-order valence-corrected chi connectivity index (χ3v) is 3.18. The Hall–Kier alpha value is -1.35. The minimum Gasteiger partial charge on any atom is -0.362 e. The summed E-state index contributed by atoms with van der Waals surface area (Å²) in [5.74, 6) is 0. The fraction of sp³-hybridized carbons (Fsp3) is 0.308. The molecule has 0 bridgehead atoms. The Morgan fingerprint density at radius 2 is 2.06 bits per heavy atom. The lowest BCUT2D eigenvalue weighted by molar-refractivity contribution is 0.833. The van der Waals surface area contributed by atoms with Crippen LogP contribution in [0.1, 0.15) is 19.8 Å². The van der Waals surface area contributed by atoms with E-state index in [1.807, 2.05) is 18.2 Å². The van der Waals surface area contributed by atoms with Crippen LogP contribution in [0.5, 0.6) is 0 Å². The molecule has 0 saturated heterocycles. The van der Waals surface area contributed by atoms with Crippen LogP contribution in [0.15, 0.2) is 35.7 Å². The van der Waals surface area contributed by atoms with Gasteiger partial charge in [-0.3, -0.25) is 0 Å². The van der Waals surface area contributed by atoms with E-state index < -0.39 is 0 Å². The first-order valence-corrected chi connectivity index (χ1v) is 6.53. The Bertz CT molecular complexity index is 423. The first-order valence-electron chi connectivity index (χ1n) is 5.65. The fourth-order valence-electron chi connectivity index (χ4n) is 1.47. The van der Waals surface area contributed by atoms with E-state index in [0.29, 0.717) is 0 Å². The number of nitrogens with zero attached hydrogens (tertiary/aromatic N) is 1. The van der Waals surface area contributed by atoms with Crippen LogP contribution in [0.2, 0.25) is 0 Å². The van der Waals surface area contributed by atoms with Gasteiger partial charge in [0, 0.05) is 17.5 Å². The molecule has 0 aliphatic heterocycles. The Kier molecular flexibility index (Phi) is 3.94. The maximum absolute atomic E-state index is 4.56. The van der Waals surface area contributed by atoms with Gasteiger partial charge in [-0.15, -0.1) is 11.3 Å². The summed E-state index contributed by atoms with van der Waals surface area (Å²) in [7, 11) is 0. The summed E-state index contributed by atoms with van der Waals surface area (Å²) in [6.07, 6.45) is 2.41. The van der Waals surface area contributed by atoms with Crippen molar-refractivity contribution in [1.82, 2.24) is 4.98 Å². The molecule has 1 N–H and O–H groups in total. The van der Waals surface area contributed by atoms with E-state index in [2.05, 4.69) is 34.7 Å². The Labute approximate surface area is 100 Å². The highest BCUT2D eigenvalue weighted by Crippen LogP contribution is 2.24. The molecule has 2 nitrogen and oxygen atoms in total. The van der Waals surface area contributed by atoms with Crippen molar-refractivity contribution in [2.24, 2.45) is 0 Å². The van der Waals surface area contributed by atoms with Crippen LogP contribution in [-0.4, -0.2) is 11.5 Å². The monoisotopic (exact) mass is 232 g/mol. The van der Waals surface area contributed by atoms with Gasteiger partial charge in [-0.05, 0) is 6.42 Å². The molecular weight excluding hydrogens is 216 g/mol. The molecule has 0 spiro atoms. The van der Waals surface area contributed by atoms with Crippen LogP contribution in [0.25, 0.3) is 11.3 Å². The summed E-state index contributed by atoms with van der Waals surface area (Å²) in [4.78, 5) is 4.56. The molecule has 1 aromatic carbocycles. The van der Waals surface area contributed by atoms with E-state index in [-0.39, 0.29) is 0 Å².